The first-order valence-corrected chi connectivity index (χ1v) is 5.00. The minimum atomic E-state index is 1.00. The van der Waals surface area contributed by atoms with Crippen molar-refractivity contribution in [1.29, 1.82) is 0 Å². The zero-order chi connectivity index (χ0) is 8.27. The van der Waals surface area contributed by atoms with Crippen LogP contribution in [0.1, 0.15) is 32.6 Å². The highest BCUT2D eigenvalue weighted by molar-refractivity contribution is 7.77. The van der Waals surface area contributed by atoms with Gasteiger partial charge >= 0.3 is 0 Å². The van der Waals surface area contributed by atoms with Gasteiger partial charge in [0.2, 0.25) is 0 Å². The van der Waals surface area contributed by atoms with Crippen molar-refractivity contribution in [3.05, 3.63) is 0 Å². The average Bonchev–Trinajstić information content (AvgIpc) is 1.94. The molecule has 2 heteroatoms. The van der Waals surface area contributed by atoms with Crippen LogP contribution in [0.4, 0.5) is 0 Å². The zero-order valence-electron chi connectivity index (χ0n) is 7.58. The van der Waals surface area contributed by atoms with Crippen molar-refractivity contribution >= 4 is 12.8 Å². The summed E-state index contributed by atoms with van der Waals surface area (Å²) < 4.78 is 1.98. The van der Waals surface area contributed by atoms with Crippen molar-refractivity contribution in [2.24, 2.45) is 11.8 Å². The average molecular weight is 173 g/mol. The van der Waals surface area contributed by atoms with Crippen LogP contribution >= 0.6 is 12.8 Å². The summed E-state index contributed by atoms with van der Waals surface area (Å²) in [7, 11) is 2.02. The molecule has 1 saturated carbocycles. The Hall–Kier alpha value is 0.310. The lowest BCUT2D eigenvalue weighted by Crippen LogP contribution is -2.23. The Morgan fingerprint density at radius 2 is 2.18 bits per heavy atom. The normalized spacial score (nSPS) is 30.5. The fourth-order valence-electron chi connectivity index (χ4n) is 1.75. The van der Waals surface area contributed by atoms with Crippen LogP contribution in [0.5, 0.6) is 0 Å². The molecule has 0 aliphatic heterocycles. The molecule has 0 N–H and O–H groups in total. The molecule has 1 fully saturated rings. The summed E-state index contributed by atoms with van der Waals surface area (Å²) in [5.41, 5.74) is 0. The smallest absolute Gasteiger partial charge is 0.00839 e. The van der Waals surface area contributed by atoms with Crippen LogP contribution in [0.25, 0.3) is 0 Å². The van der Waals surface area contributed by atoms with Gasteiger partial charge in [0.25, 0.3) is 0 Å². The Balaban J connectivity index is 1.95. The predicted octanol–water partition coefficient (Wildman–Crippen LogP) is 2.59. The van der Waals surface area contributed by atoms with Crippen LogP contribution < -0.4 is 0 Å². The Kier molecular flexibility index (Phi) is 3.73. The van der Waals surface area contributed by atoms with Gasteiger partial charge in [-0.25, -0.2) is 0 Å². The lowest BCUT2D eigenvalue weighted by Gasteiger charge is -2.34. The summed E-state index contributed by atoms with van der Waals surface area (Å²) in [6.07, 6.45) is 5.65. The van der Waals surface area contributed by atoms with Crippen LogP contribution in [0.2, 0.25) is 0 Å². The van der Waals surface area contributed by atoms with E-state index in [9.17, 15) is 0 Å². The van der Waals surface area contributed by atoms with Crippen molar-refractivity contribution in [2.75, 3.05) is 13.6 Å². The summed E-state index contributed by atoms with van der Waals surface area (Å²) >= 11 is 4.20. The third-order valence-electron chi connectivity index (χ3n) is 2.85. The maximum atomic E-state index is 4.20. The summed E-state index contributed by atoms with van der Waals surface area (Å²) in [6.45, 7) is 3.50. The molecule has 0 saturated heterocycles. The van der Waals surface area contributed by atoms with Gasteiger partial charge < -0.3 is 0 Å². The van der Waals surface area contributed by atoms with Crippen LogP contribution in [0.15, 0.2) is 0 Å². The van der Waals surface area contributed by atoms with E-state index in [1.807, 2.05) is 11.4 Å². The van der Waals surface area contributed by atoms with E-state index in [0.717, 1.165) is 18.4 Å². The lowest BCUT2D eigenvalue weighted by atomic mass is 9.73. The predicted molar refractivity (Wildman–Crippen MR) is 52.7 cm³/mol. The summed E-state index contributed by atoms with van der Waals surface area (Å²) in [6, 6.07) is 0. The van der Waals surface area contributed by atoms with E-state index in [-0.39, 0.29) is 0 Å². The van der Waals surface area contributed by atoms with Crippen molar-refractivity contribution in [1.82, 2.24) is 4.31 Å². The number of hydrogen-bond acceptors (Lipinski definition) is 2. The Bertz CT molecular complexity index is 114. The Morgan fingerprint density at radius 1 is 1.45 bits per heavy atom. The van der Waals surface area contributed by atoms with E-state index in [1.54, 1.807) is 0 Å². The molecule has 2 unspecified atom stereocenters. The van der Waals surface area contributed by atoms with Crippen LogP contribution in [-0.2, 0) is 0 Å². The minimum absolute atomic E-state index is 1.00. The van der Waals surface area contributed by atoms with Crippen LogP contribution in [0.3, 0.4) is 0 Å². The second kappa shape index (κ2) is 4.36. The van der Waals surface area contributed by atoms with Crippen molar-refractivity contribution in [3.8, 4) is 0 Å². The fraction of sp³-hybridized carbons (Fsp3) is 1.00. The maximum absolute atomic E-state index is 4.20. The number of rotatable bonds is 4. The van der Waals surface area contributed by atoms with Gasteiger partial charge in [-0.3, -0.25) is 4.31 Å². The quantitative estimate of drug-likeness (QED) is 0.640. The molecule has 0 heterocycles. The van der Waals surface area contributed by atoms with Crippen LogP contribution in [0, 0.1) is 11.8 Å². The van der Waals surface area contributed by atoms with Crippen molar-refractivity contribution in [3.63, 3.8) is 0 Å². The number of nitrogens with zero attached hydrogens (tertiary/aromatic N) is 1. The van der Waals surface area contributed by atoms with E-state index >= 15 is 0 Å². The van der Waals surface area contributed by atoms with E-state index in [1.165, 1.54) is 25.7 Å². The molecule has 0 radical (unpaired) electrons. The summed E-state index contributed by atoms with van der Waals surface area (Å²) in [5, 5.41) is 0. The standard InChI is InChI=1S/C9H19NS/c1-8-5-6-9(8)4-3-7-10(2)11/h8-9,11H,3-7H2,1-2H3. The first-order chi connectivity index (χ1) is 5.20. The molecule has 1 aliphatic carbocycles. The van der Waals surface area contributed by atoms with Crippen molar-refractivity contribution < 1.29 is 0 Å². The van der Waals surface area contributed by atoms with E-state index < -0.39 is 0 Å². The topological polar surface area (TPSA) is 3.24 Å². The molecule has 11 heavy (non-hydrogen) atoms. The highest BCUT2D eigenvalue weighted by Crippen LogP contribution is 2.36. The van der Waals surface area contributed by atoms with E-state index in [0.29, 0.717) is 0 Å². The minimum Gasteiger partial charge on any atom is -0.256 e. The molecule has 0 aromatic carbocycles. The molecule has 66 valence electrons. The summed E-state index contributed by atoms with van der Waals surface area (Å²) in [5.74, 6) is 2.03. The molecule has 0 aromatic rings. The number of hydrogen-bond donors (Lipinski definition) is 1. The van der Waals surface area contributed by atoms with Crippen LogP contribution in [-0.4, -0.2) is 17.9 Å². The second-order valence-electron chi connectivity index (χ2n) is 3.84. The Labute approximate surface area is 75.7 Å². The molecule has 2 atom stereocenters. The largest absolute Gasteiger partial charge is 0.256 e. The van der Waals surface area contributed by atoms with Gasteiger partial charge in [0.15, 0.2) is 0 Å². The number of thiol groups is 1. The highest BCUT2D eigenvalue weighted by atomic mass is 32.1. The first kappa shape index (κ1) is 9.40. The molecule has 1 nitrogen and oxygen atoms in total. The van der Waals surface area contributed by atoms with Gasteiger partial charge in [0, 0.05) is 6.54 Å². The molecule has 0 bridgehead atoms. The SMILES string of the molecule is CC1CCC1CCCN(C)S. The van der Waals surface area contributed by atoms with Gasteiger partial charge in [-0.05, 0) is 38.1 Å². The second-order valence-corrected chi connectivity index (χ2v) is 4.52. The third kappa shape index (κ3) is 3.04. The molecular weight excluding hydrogens is 154 g/mol. The third-order valence-corrected chi connectivity index (χ3v) is 3.05. The first-order valence-electron chi connectivity index (χ1n) is 4.60. The summed E-state index contributed by atoms with van der Waals surface area (Å²) in [4.78, 5) is 0. The highest BCUT2D eigenvalue weighted by Gasteiger charge is 2.25. The Morgan fingerprint density at radius 3 is 2.55 bits per heavy atom. The van der Waals surface area contributed by atoms with Gasteiger partial charge in [0.05, 0.1) is 0 Å². The lowest BCUT2D eigenvalue weighted by molar-refractivity contribution is 0.178. The monoisotopic (exact) mass is 173 g/mol. The molecule has 0 amide bonds. The van der Waals surface area contributed by atoms with Gasteiger partial charge in [0.1, 0.15) is 0 Å². The van der Waals surface area contributed by atoms with Crippen molar-refractivity contribution in [2.45, 2.75) is 32.6 Å². The van der Waals surface area contributed by atoms with E-state index in [2.05, 4.69) is 19.7 Å². The van der Waals surface area contributed by atoms with Gasteiger partial charge in [-0.2, -0.15) is 0 Å². The molecule has 0 spiro atoms. The van der Waals surface area contributed by atoms with Gasteiger partial charge in [-0.1, -0.05) is 26.2 Å². The zero-order valence-corrected chi connectivity index (χ0v) is 8.48. The molecular formula is C9H19NS. The molecule has 1 rings (SSSR count). The van der Waals surface area contributed by atoms with Gasteiger partial charge in [-0.15, -0.1) is 0 Å². The molecule has 0 aromatic heterocycles. The maximum Gasteiger partial charge on any atom is 0.00839 e. The van der Waals surface area contributed by atoms with E-state index in [4.69, 9.17) is 0 Å². The fourth-order valence-corrected chi connectivity index (χ4v) is 1.89. The molecule has 1 aliphatic rings.